The van der Waals surface area contributed by atoms with Gasteiger partial charge in [0.15, 0.2) is 12.4 Å². The van der Waals surface area contributed by atoms with Gasteiger partial charge in [0.05, 0.1) is 23.8 Å². The minimum Gasteiger partial charge on any atom is -0.481 e. The third kappa shape index (κ3) is 1.83. The van der Waals surface area contributed by atoms with Gasteiger partial charge in [-0.1, -0.05) is 0 Å². The van der Waals surface area contributed by atoms with Crippen LogP contribution >= 0.6 is 0 Å². The Morgan fingerprint density at radius 1 is 1.56 bits per heavy atom. The Hall–Kier alpha value is -2.64. The van der Waals surface area contributed by atoms with Crippen molar-refractivity contribution in [3.05, 3.63) is 28.3 Å². The molecule has 0 saturated heterocycles. The fraction of sp³-hybridized carbons (Fsp3) is 0.200. The van der Waals surface area contributed by atoms with E-state index in [0.29, 0.717) is 0 Å². The summed E-state index contributed by atoms with van der Waals surface area (Å²) in [6.45, 7) is -0.372. The number of nitrogens with zero attached hydrogens (tertiary/aromatic N) is 2. The van der Waals surface area contributed by atoms with Gasteiger partial charge in [0, 0.05) is 6.07 Å². The summed E-state index contributed by atoms with van der Waals surface area (Å²) < 4.78 is 9.52. The number of fused-ring (bicyclic) bond motifs is 1. The maximum atomic E-state index is 11.5. The second-order valence-corrected chi connectivity index (χ2v) is 3.40. The molecule has 18 heavy (non-hydrogen) atoms. The molecular weight excluding hydrogens is 244 g/mol. The smallest absolute Gasteiger partial charge is 0.421 e. The van der Waals surface area contributed by atoms with Gasteiger partial charge in [0.1, 0.15) is 0 Å². The molecule has 0 aliphatic carbocycles. The fourth-order valence-electron chi connectivity index (χ4n) is 1.55. The average molecular weight is 252 g/mol. The standard InChI is InChI=1S/C10H8N2O6/c1-17-10(14)11-7-3-2-6(12(15)16)4-8(7)18-5-9(11)13/h2-4H,5H2,1H3. The Bertz CT molecular complexity index is 541. The molecule has 1 heterocycles. The largest absolute Gasteiger partial charge is 0.481 e. The van der Waals surface area contributed by atoms with Crippen molar-refractivity contribution >= 4 is 23.4 Å². The number of amides is 2. The van der Waals surface area contributed by atoms with E-state index in [0.717, 1.165) is 18.1 Å². The molecule has 94 valence electrons. The first-order valence-electron chi connectivity index (χ1n) is 4.86. The lowest BCUT2D eigenvalue weighted by Gasteiger charge is -2.26. The zero-order chi connectivity index (χ0) is 13.3. The summed E-state index contributed by atoms with van der Waals surface area (Å²) in [5, 5.41) is 10.6. The quantitative estimate of drug-likeness (QED) is 0.547. The number of non-ortho nitro benzene ring substituents is 1. The molecular formula is C10H8N2O6. The number of carbonyl (C=O) groups excluding carboxylic acids is 2. The van der Waals surface area contributed by atoms with Crippen LogP contribution in [0, 0.1) is 10.1 Å². The van der Waals surface area contributed by atoms with Crippen molar-refractivity contribution < 1.29 is 24.0 Å². The van der Waals surface area contributed by atoms with Gasteiger partial charge in [-0.15, -0.1) is 0 Å². The van der Waals surface area contributed by atoms with E-state index < -0.39 is 16.9 Å². The first-order chi connectivity index (χ1) is 8.54. The molecule has 8 nitrogen and oxygen atoms in total. The van der Waals surface area contributed by atoms with Gasteiger partial charge in [-0.25, -0.2) is 9.69 Å². The summed E-state index contributed by atoms with van der Waals surface area (Å²) >= 11 is 0. The van der Waals surface area contributed by atoms with Crippen molar-refractivity contribution in [1.82, 2.24) is 0 Å². The molecule has 8 heteroatoms. The van der Waals surface area contributed by atoms with E-state index in [4.69, 9.17) is 4.74 Å². The third-order valence-corrected chi connectivity index (χ3v) is 2.35. The number of hydrogen-bond acceptors (Lipinski definition) is 6. The summed E-state index contributed by atoms with van der Waals surface area (Å²) in [5.74, 6) is -0.502. The fourth-order valence-corrected chi connectivity index (χ4v) is 1.55. The van der Waals surface area contributed by atoms with Crippen LogP contribution in [0.3, 0.4) is 0 Å². The first kappa shape index (κ1) is 11.8. The van der Waals surface area contributed by atoms with Crippen LogP contribution in [0.5, 0.6) is 5.75 Å². The monoisotopic (exact) mass is 252 g/mol. The second-order valence-electron chi connectivity index (χ2n) is 3.40. The molecule has 1 aliphatic heterocycles. The predicted octanol–water partition coefficient (Wildman–Crippen LogP) is 1.09. The van der Waals surface area contributed by atoms with Gasteiger partial charge in [0.2, 0.25) is 0 Å². The van der Waals surface area contributed by atoms with Crippen LogP contribution in [0.4, 0.5) is 16.2 Å². The van der Waals surface area contributed by atoms with Gasteiger partial charge in [-0.2, -0.15) is 0 Å². The molecule has 0 radical (unpaired) electrons. The third-order valence-electron chi connectivity index (χ3n) is 2.35. The van der Waals surface area contributed by atoms with Crippen LogP contribution < -0.4 is 9.64 Å². The van der Waals surface area contributed by atoms with Crippen molar-refractivity contribution in [3.63, 3.8) is 0 Å². The number of methoxy groups -OCH3 is 1. The number of ether oxygens (including phenoxy) is 2. The molecule has 1 aliphatic rings. The van der Waals surface area contributed by atoms with Crippen molar-refractivity contribution in [2.24, 2.45) is 0 Å². The summed E-state index contributed by atoms with van der Waals surface area (Å²) in [6, 6.07) is 3.59. The van der Waals surface area contributed by atoms with Crippen LogP contribution in [0.2, 0.25) is 0 Å². The molecule has 2 amide bonds. The van der Waals surface area contributed by atoms with Crippen molar-refractivity contribution in [3.8, 4) is 5.75 Å². The molecule has 0 atom stereocenters. The van der Waals surface area contributed by atoms with Crippen molar-refractivity contribution in [2.75, 3.05) is 18.6 Å². The van der Waals surface area contributed by atoms with E-state index in [-0.39, 0.29) is 23.7 Å². The number of benzene rings is 1. The molecule has 1 aromatic rings. The van der Waals surface area contributed by atoms with Gasteiger partial charge >= 0.3 is 6.09 Å². The van der Waals surface area contributed by atoms with Crippen LogP contribution in [-0.2, 0) is 9.53 Å². The SMILES string of the molecule is COC(=O)N1C(=O)COc2cc([N+](=O)[O-])ccc21. The van der Waals surface area contributed by atoms with Gasteiger partial charge in [0.25, 0.3) is 11.6 Å². The lowest BCUT2D eigenvalue weighted by Crippen LogP contribution is -2.43. The first-order valence-corrected chi connectivity index (χ1v) is 4.86. The highest BCUT2D eigenvalue weighted by Crippen LogP contribution is 2.35. The average Bonchev–Trinajstić information content (AvgIpc) is 2.37. The molecule has 1 aromatic carbocycles. The van der Waals surface area contributed by atoms with Gasteiger partial charge in [-0.3, -0.25) is 14.9 Å². The van der Waals surface area contributed by atoms with Crippen molar-refractivity contribution in [1.29, 1.82) is 0 Å². The zero-order valence-corrected chi connectivity index (χ0v) is 9.28. The highest BCUT2D eigenvalue weighted by Gasteiger charge is 2.32. The normalized spacial score (nSPS) is 13.6. The van der Waals surface area contributed by atoms with Gasteiger partial charge in [-0.05, 0) is 6.07 Å². The molecule has 2 rings (SSSR count). The van der Waals surface area contributed by atoms with Crippen LogP contribution in [-0.4, -0.2) is 30.6 Å². The Morgan fingerprint density at radius 3 is 2.89 bits per heavy atom. The lowest BCUT2D eigenvalue weighted by atomic mass is 10.2. The number of nitro groups is 1. The van der Waals surface area contributed by atoms with E-state index in [1.165, 1.54) is 12.1 Å². The Labute approximate surface area is 101 Å². The number of nitro benzene ring substituents is 1. The maximum absolute atomic E-state index is 11.5. The Morgan fingerprint density at radius 2 is 2.28 bits per heavy atom. The zero-order valence-electron chi connectivity index (χ0n) is 9.28. The maximum Gasteiger partial charge on any atom is 0.421 e. The van der Waals surface area contributed by atoms with E-state index in [2.05, 4.69) is 4.74 Å². The second kappa shape index (κ2) is 4.32. The molecule has 0 saturated carbocycles. The number of anilines is 1. The molecule has 0 unspecified atom stereocenters. The van der Waals surface area contributed by atoms with Crippen LogP contribution in [0.15, 0.2) is 18.2 Å². The Balaban J connectivity index is 2.48. The Kier molecular flexibility index (Phi) is 2.84. The molecule has 0 spiro atoms. The number of carbonyl (C=O) groups is 2. The van der Waals surface area contributed by atoms with E-state index in [1.54, 1.807) is 0 Å². The van der Waals surface area contributed by atoms with Gasteiger partial charge < -0.3 is 9.47 Å². The van der Waals surface area contributed by atoms with E-state index >= 15 is 0 Å². The topological polar surface area (TPSA) is 99.0 Å². The minimum atomic E-state index is -0.863. The number of hydrogen-bond donors (Lipinski definition) is 0. The summed E-state index contributed by atoms with van der Waals surface area (Å²) in [5.41, 5.74) is -0.0587. The predicted molar refractivity (Wildman–Crippen MR) is 58.5 cm³/mol. The molecule has 0 aromatic heterocycles. The summed E-state index contributed by atoms with van der Waals surface area (Å²) in [7, 11) is 1.14. The summed E-state index contributed by atoms with van der Waals surface area (Å²) in [4.78, 5) is 33.8. The van der Waals surface area contributed by atoms with E-state index in [9.17, 15) is 19.7 Å². The molecule has 0 fully saturated rings. The number of rotatable bonds is 1. The minimum absolute atomic E-state index is 0.0919. The summed E-state index contributed by atoms with van der Waals surface area (Å²) in [6.07, 6.45) is -0.863. The van der Waals surface area contributed by atoms with E-state index in [1.807, 2.05) is 0 Å². The van der Waals surface area contributed by atoms with Crippen molar-refractivity contribution in [2.45, 2.75) is 0 Å². The highest BCUT2D eigenvalue weighted by atomic mass is 16.6. The lowest BCUT2D eigenvalue weighted by molar-refractivity contribution is -0.384. The highest BCUT2D eigenvalue weighted by molar-refractivity contribution is 6.14. The van der Waals surface area contributed by atoms with Crippen LogP contribution in [0.25, 0.3) is 0 Å². The molecule has 0 N–H and O–H groups in total. The molecule has 0 bridgehead atoms. The number of imide groups is 1. The van der Waals surface area contributed by atoms with Crippen LogP contribution in [0.1, 0.15) is 0 Å².